The summed E-state index contributed by atoms with van der Waals surface area (Å²) in [5.41, 5.74) is 4.41. The van der Waals surface area contributed by atoms with Crippen LogP contribution >= 0.6 is 11.6 Å². The van der Waals surface area contributed by atoms with Crippen LogP contribution < -0.4 is 16.0 Å². The number of hydrogen-bond acceptors (Lipinski definition) is 3. The van der Waals surface area contributed by atoms with Crippen LogP contribution in [-0.2, 0) is 6.61 Å². The molecule has 0 fully saturated rings. The molecule has 0 aliphatic rings. The first-order chi connectivity index (χ1) is 9.61. The fraction of sp³-hybridized carbons (Fsp3) is 0.133. The van der Waals surface area contributed by atoms with Gasteiger partial charge < -0.3 is 4.74 Å². The van der Waals surface area contributed by atoms with E-state index in [0.717, 1.165) is 11.1 Å². The van der Waals surface area contributed by atoms with Gasteiger partial charge in [-0.25, -0.2) is 5.84 Å². The maximum absolute atomic E-state index is 11.6. The van der Waals surface area contributed by atoms with Crippen molar-refractivity contribution in [1.82, 2.24) is 5.43 Å². The number of carbonyl (C=O) groups is 1. The first-order valence-corrected chi connectivity index (χ1v) is 6.47. The third-order valence-electron chi connectivity index (χ3n) is 2.86. The molecule has 2 aromatic rings. The van der Waals surface area contributed by atoms with Gasteiger partial charge in [-0.2, -0.15) is 0 Å². The highest BCUT2D eigenvalue weighted by atomic mass is 35.5. The van der Waals surface area contributed by atoms with Crippen molar-refractivity contribution >= 4 is 17.5 Å². The first kappa shape index (κ1) is 14.4. The van der Waals surface area contributed by atoms with Crippen LogP contribution in [0.5, 0.6) is 5.75 Å². The standard InChI is InChI=1S/C15H15ClN2O2/c1-10-6-7-14(13(16)8-10)20-9-11-4-2-3-5-12(11)15(19)18-17/h2-8H,9,17H2,1H3,(H,18,19). The number of nitrogens with two attached hydrogens (primary N) is 1. The molecule has 0 aromatic heterocycles. The summed E-state index contributed by atoms with van der Waals surface area (Å²) in [4.78, 5) is 11.6. The monoisotopic (exact) mass is 290 g/mol. The number of nitrogen functional groups attached to an aromatic ring is 1. The summed E-state index contributed by atoms with van der Waals surface area (Å²) in [5, 5.41) is 0.547. The molecule has 0 unspecified atom stereocenters. The van der Waals surface area contributed by atoms with Gasteiger partial charge in [-0.05, 0) is 30.7 Å². The lowest BCUT2D eigenvalue weighted by Crippen LogP contribution is -2.30. The summed E-state index contributed by atoms with van der Waals surface area (Å²) >= 11 is 6.10. The molecule has 0 atom stereocenters. The van der Waals surface area contributed by atoms with E-state index in [1.807, 2.05) is 37.3 Å². The number of hydrogen-bond donors (Lipinski definition) is 2. The highest BCUT2D eigenvalue weighted by Crippen LogP contribution is 2.26. The van der Waals surface area contributed by atoms with Gasteiger partial charge in [-0.3, -0.25) is 10.2 Å². The van der Waals surface area contributed by atoms with E-state index in [1.54, 1.807) is 12.1 Å². The average Bonchev–Trinajstić information content (AvgIpc) is 2.46. The van der Waals surface area contributed by atoms with Gasteiger partial charge in [0, 0.05) is 11.1 Å². The predicted molar refractivity (Wildman–Crippen MR) is 78.6 cm³/mol. The van der Waals surface area contributed by atoms with E-state index in [2.05, 4.69) is 5.43 Å². The Hall–Kier alpha value is -2.04. The molecule has 1 amide bonds. The molecule has 0 aliphatic carbocycles. The highest BCUT2D eigenvalue weighted by Gasteiger charge is 2.10. The topological polar surface area (TPSA) is 64.3 Å². The van der Waals surface area contributed by atoms with Crippen LogP contribution in [0.15, 0.2) is 42.5 Å². The van der Waals surface area contributed by atoms with Gasteiger partial charge in [-0.1, -0.05) is 35.9 Å². The Kier molecular flexibility index (Phi) is 4.61. The molecule has 0 radical (unpaired) electrons. The second-order valence-electron chi connectivity index (χ2n) is 4.35. The molecular weight excluding hydrogens is 276 g/mol. The van der Waals surface area contributed by atoms with Crippen LogP contribution in [0.3, 0.4) is 0 Å². The number of carbonyl (C=O) groups excluding carboxylic acids is 1. The van der Waals surface area contributed by atoms with Crippen molar-refractivity contribution in [1.29, 1.82) is 0 Å². The van der Waals surface area contributed by atoms with Gasteiger partial charge in [0.15, 0.2) is 0 Å². The number of nitrogens with one attached hydrogen (secondary N) is 1. The molecule has 2 rings (SSSR count). The van der Waals surface area contributed by atoms with Crippen LogP contribution in [0, 0.1) is 6.92 Å². The maximum atomic E-state index is 11.6. The van der Waals surface area contributed by atoms with E-state index in [9.17, 15) is 4.79 Å². The lowest BCUT2D eigenvalue weighted by molar-refractivity contribution is 0.0951. The van der Waals surface area contributed by atoms with Crippen molar-refractivity contribution in [2.75, 3.05) is 0 Å². The van der Waals surface area contributed by atoms with Crippen molar-refractivity contribution in [3.8, 4) is 5.75 Å². The fourth-order valence-electron chi connectivity index (χ4n) is 1.82. The van der Waals surface area contributed by atoms with Gasteiger partial charge in [0.25, 0.3) is 5.91 Å². The summed E-state index contributed by atoms with van der Waals surface area (Å²) in [6.45, 7) is 2.20. The molecule has 0 saturated carbocycles. The van der Waals surface area contributed by atoms with Crippen LogP contribution in [0.2, 0.25) is 5.02 Å². The van der Waals surface area contributed by atoms with E-state index in [0.29, 0.717) is 16.3 Å². The number of hydrazine groups is 1. The summed E-state index contributed by atoms with van der Waals surface area (Å²) in [6, 6.07) is 12.7. The quantitative estimate of drug-likeness (QED) is 0.517. The summed E-state index contributed by atoms with van der Waals surface area (Å²) in [6.07, 6.45) is 0. The zero-order valence-corrected chi connectivity index (χ0v) is 11.8. The molecule has 0 saturated heterocycles. The Balaban J connectivity index is 2.17. The molecule has 0 bridgehead atoms. The molecule has 2 aromatic carbocycles. The molecule has 0 spiro atoms. The number of halogens is 1. The van der Waals surface area contributed by atoms with Crippen molar-refractivity contribution in [2.24, 2.45) is 5.84 Å². The molecule has 0 heterocycles. The predicted octanol–water partition coefficient (Wildman–Crippen LogP) is 2.83. The van der Waals surface area contributed by atoms with Crippen LogP contribution in [0.25, 0.3) is 0 Å². The Morgan fingerprint density at radius 3 is 2.75 bits per heavy atom. The summed E-state index contributed by atoms with van der Waals surface area (Å²) in [7, 11) is 0. The average molecular weight is 291 g/mol. The smallest absolute Gasteiger partial charge is 0.265 e. The molecular formula is C15H15ClN2O2. The number of aryl methyl sites for hydroxylation is 1. The lowest BCUT2D eigenvalue weighted by Gasteiger charge is -2.11. The van der Waals surface area contributed by atoms with E-state index in [4.69, 9.17) is 22.2 Å². The zero-order valence-electron chi connectivity index (χ0n) is 11.0. The molecule has 20 heavy (non-hydrogen) atoms. The van der Waals surface area contributed by atoms with Crippen LogP contribution in [-0.4, -0.2) is 5.91 Å². The van der Waals surface area contributed by atoms with Gasteiger partial charge in [0.05, 0.1) is 5.02 Å². The number of amides is 1. The van der Waals surface area contributed by atoms with Crippen LogP contribution in [0.1, 0.15) is 21.5 Å². The van der Waals surface area contributed by atoms with E-state index >= 15 is 0 Å². The Labute approximate surface area is 122 Å². The minimum atomic E-state index is -0.348. The van der Waals surface area contributed by atoms with Crippen molar-refractivity contribution < 1.29 is 9.53 Å². The minimum Gasteiger partial charge on any atom is -0.487 e. The third-order valence-corrected chi connectivity index (χ3v) is 3.16. The summed E-state index contributed by atoms with van der Waals surface area (Å²) < 4.78 is 5.66. The number of ether oxygens (including phenoxy) is 1. The largest absolute Gasteiger partial charge is 0.487 e. The second-order valence-corrected chi connectivity index (χ2v) is 4.76. The van der Waals surface area contributed by atoms with Crippen LogP contribution in [0.4, 0.5) is 0 Å². The Morgan fingerprint density at radius 1 is 1.30 bits per heavy atom. The maximum Gasteiger partial charge on any atom is 0.265 e. The Bertz CT molecular complexity index is 629. The van der Waals surface area contributed by atoms with Gasteiger partial charge in [0.1, 0.15) is 12.4 Å². The molecule has 4 nitrogen and oxygen atoms in total. The SMILES string of the molecule is Cc1ccc(OCc2ccccc2C(=O)NN)c(Cl)c1. The lowest BCUT2D eigenvalue weighted by atomic mass is 10.1. The van der Waals surface area contributed by atoms with E-state index in [-0.39, 0.29) is 12.5 Å². The molecule has 3 N–H and O–H groups in total. The zero-order chi connectivity index (χ0) is 14.5. The highest BCUT2D eigenvalue weighted by molar-refractivity contribution is 6.32. The molecule has 104 valence electrons. The normalized spacial score (nSPS) is 10.2. The molecule has 5 heteroatoms. The third kappa shape index (κ3) is 3.29. The van der Waals surface area contributed by atoms with Crippen molar-refractivity contribution in [3.05, 3.63) is 64.2 Å². The summed E-state index contributed by atoms with van der Waals surface area (Å²) in [5.74, 6) is 5.40. The van der Waals surface area contributed by atoms with E-state index < -0.39 is 0 Å². The second kappa shape index (κ2) is 6.41. The molecule has 0 aliphatic heterocycles. The van der Waals surface area contributed by atoms with Gasteiger partial charge in [0.2, 0.25) is 0 Å². The first-order valence-electron chi connectivity index (χ1n) is 6.09. The van der Waals surface area contributed by atoms with Crippen molar-refractivity contribution in [3.63, 3.8) is 0 Å². The number of rotatable bonds is 4. The van der Waals surface area contributed by atoms with Gasteiger partial charge in [-0.15, -0.1) is 0 Å². The Morgan fingerprint density at radius 2 is 2.05 bits per heavy atom. The van der Waals surface area contributed by atoms with E-state index in [1.165, 1.54) is 0 Å². The minimum absolute atomic E-state index is 0.242. The van der Waals surface area contributed by atoms with Gasteiger partial charge >= 0.3 is 0 Å². The number of benzene rings is 2. The van der Waals surface area contributed by atoms with Crippen molar-refractivity contribution in [2.45, 2.75) is 13.5 Å². The fourth-order valence-corrected chi connectivity index (χ4v) is 2.11.